The average molecular weight is 896 g/mol. The van der Waals surface area contributed by atoms with Crippen LogP contribution in [-0.2, 0) is 14.8 Å². The van der Waals surface area contributed by atoms with E-state index in [0.29, 0.717) is 29.8 Å². The average Bonchev–Trinajstić information content (AvgIpc) is 3.75. The number of hydrogen-bond donors (Lipinski definition) is 3. The van der Waals surface area contributed by atoms with Crippen molar-refractivity contribution in [3.05, 3.63) is 117 Å². The number of carbonyl (C=O) groups excluding carboxylic acids is 1. The predicted octanol–water partition coefficient (Wildman–Crippen LogP) is 10.9. The summed E-state index contributed by atoms with van der Waals surface area (Å²) in [7, 11) is -2.85. The molecule has 1 amide bonds. The van der Waals surface area contributed by atoms with Crippen LogP contribution in [-0.4, -0.2) is 62.1 Å². The Hall–Kier alpha value is -5.44. The molecule has 8 rings (SSSR count). The van der Waals surface area contributed by atoms with E-state index in [1.807, 2.05) is 18.2 Å². The van der Waals surface area contributed by atoms with Crippen molar-refractivity contribution in [2.75, 3.05) is 37.0 Å². The molecule has 2 fully saturated rings. The van der Waals surface area contributed by atoms with E-state index in [1.165, 1.54) is 29.5 Å². The zero-order chi connectivity index (χ0) is 44.3. The molecule has 63 heavy (non-hydrogen) atoms. The number of aromatic nitrogens is 2. The Labute approximate surface area is 373 Å². The number of amides is 1. The van der Waals surface area contributed by atoms with E-state index in [1.54, 1.807) is 43.1 Å². The summed E-state index contributed by atoms with van der Waals surface area (Å²) in [5.41, 5.74) is 5.79. The van der Waals surface area contributed by atoms with Crippen LogP contribution in [0.4, 0.5) is 17.1 Å². The molecule has 3 aliphatic rings. The van der Waals surface area contributed by atoms with Gasteiger partial charge in [0.15, 0.2) is 0 Å². The number of nitro benzene ring substituents is 1. The van der Waals surface area contributed by atoms with Gasteiger partial charge in [0.2, 0.25) is 0 Å². The van der Waals surface area contributed by atoms with Crippen molar-refractivity contribution < 1.29 is 27.6 Å². The first kappa shape index (κ1) is 44.2. The Bertz CT molecular complexity index is 2610. The molecular formula is C48H55ClN6O7S. The first-order valence-corrected chi connectivity index (χ1v) is 23.7. The quantitative estimate of drug-likeness (QED) is 0.0720. The summed E-state index contributed by atoms with van der Waals surface area (Å²) in [6.07, 6.45) is 13.5. The summed E-state index contributed by atoms with van der Waals surface area (Å²) >= 11 is 6.25. The molecule has 1 saturated heterocycles. The second kappa shape index (κ2) is 18.7. The van der Waals surface area contributed by atoms with Gasteiger partial charge in [-0.3, -0.25) is 14.9 Å². The summed E-state index contributed by atoms with van der Waals surface area (Å²) < 4.78 is 41.4. The fourth-order valence-corrected chi connectivity index (χ4v) is 10.5. The van der Waals surface area contributed by atoms with Gasteiger partial charge >= 0.3 is 0 Å². The monoisotopic (exact) mass is 894 g/mol. The van der Waals surface area contributed by atoms with E-state index in [0.717, 1.165) is 99.5 Å². The van der Waals surface area contributed by atoms with Gasteiger partial charge in [0.1, 0.15) is 22.8 Å². The summed E-state index contributed by atoms with van der Waals surface area (Å²) in [4.78, 5) is 34.8. The molecule has 3 aromatic carbocycles. The summed E-state index contributed by atoms with van der Waals surface area (Å²) in [5.74, 6) is 0.392. The number of sulfonamides is 1. The highest BCUT2D eigenvalue weighted by Gasteiger charge is 2.31. The second-order valence-corrected chi connectivity index (χ2v) is 20.2. The van der Waals surface area contributed by atoms with Gasteiger partial charge in [-0.25, -0.2) is 18.1 Å². The van der Waals surface area contributed by atoms with Crippen molar-refractivity contribution in [3.8, 4) is 11.5 Å². The number of allylic oxidation sites excluding steroid dienone is 2. The molecule has 2 aromatic heterocycles. The lowest BCUT2D eigenvalue weighted by atomic mass is 9.70. The van der Waals surface area contributed by atoms with Gasteiger partial charge in [-0.15, -0.1) is 0 Å². The molecule has 5 aromatic rings. The van der Waals surface area contributed by atoms with E-state index in [9.17, 15) is 23.3 Å². The summed E-state index contributed by atoms with van der Waals surface area (Å²) in [6.45, 7) is 6.80. The molecule has 0 atom stereocenters. The standard InChI is InChI=1S/C48H55ClN6O7S/c1-48(2)20-16-34(42(28-48)33-6-8-36(49)9-7-33)24-31-18-22-54(23-19-31)37-10-14-41(45(26-37)62-39-25-35-17-21-50-46(35)52-30-39)47(56)53-63(59,60)40-13-15-43(44(27-40)55(57)58)51-29-32-4-11-38(61-3)12-5-32/h6-10,13-15,17,21,25-27,30-32,38,51H,4-5,11-12,16,18-20,22-24,28-29H2,1-3H3,(H,50,52)(H,53,56). The molecule has 3 N–H and O–H groups in total. The number of halogens is 1. The molecule has 0 spiro atoms. The molecule has 13 nitrogen and oxygen atoms in total. The van der Waals surface area contributed by atoms with Crippen molar-refractivity contribution in [2.45, 2.75) is 89.1 Å². The number of nitrogens with one attached hydrogen (secondary N) is 3. The van der Waals surface area contributed by atoms with E-state index >= 15 is 0 Å². The fourth-order valence-electron chi connectivity index (χ4n) is 9.38. The Morgan fingerprint density at radius 2 is 1.75 bits per heavy atom. The maximum absolute atomic E-state index is 14.0. The van der Waals surface area contributed by atoms with Crippen LogP contribution in [0, 0.1) is 27.4 Å². The fraction of sp³-hybridized carbons (Fsp3) is 0.417. The number of fused-ring (bicyclic) bond motifs is 1. The van der Waals surface area contributed by atoms with Gasteiger partial charge in [0, 0.05) is 61.2 Å². The maximum Gasteiger partial charge on any atom is 0.293 e. The lowest BCUT2D eigenvalue weighted by Crippen LogP contribution is -2.34. The SMILES string of the molecule is COC1CCC(CNc2ccc(S(=O)(=O)NC(=O)c3ccc(N4CCC(CC5=C(c6ccc(Cl)cc6)CC(C)(C)CC5)CC4)cc3Oc3cnc4[nH]ccc4c3)cc2[N+](=O)[O-])CC1. The number of rotatable bonds is 14. The van der Waals surface area contributed by atoms with Crippen molar-refractivity contribution in [1.82, 2.24) is 14.7 Å². The molecule has 1 saturated carbocycles. The molecule has 15 heteroatoms. The molecule has 0 bridgehead atoms. The Morgan fingerprint density at radius 1 is 0.984 bits per heavy atom. The van der Waals surface area contributed by atoms with Gasteiger partial charge in [0.05, 0.1) is 27.7 Å². The number of methoxy groups -OCH3 is 1. The lowest BCUT2D eigenvalue weighted by Gasteiger charge is -2.37. The number of aromatic amines is 1. The molecule has 3 heterocycles. The highest BCUT2D eigenvalue weighted by atomic mass is 35.5. The van der Waals surface area contributed by atoms with Crippen LogP contribution in [0.15, 0.2) is 95.7 Å². The minimum absolute atomic E-state index is 0.0238. The third-order valence-electron chi connectivity index (χ3n) is 13.1. The van der Waals surface area contributed by atoms with E-state index < -0.39 is 31.4 Å². The third kappa shape index (κ3) is 10.5. The van der Waals surface area contributed by atoms with E-state index in [4.69, 9.17) is 21.1 Å². The van der Waals surface area contributed by atoms with Crippen LogP contribution in [0.25, 0.3) is 16.6 Å². The number of carbonyl (C=O) groups is 1. The molecule has 0 unspecified atom stereocenters. The lowest BCUT2D eigenvalue weighted by molar-refractivity contribution is -0.384. The largest absolute Gasteiger partial charge is 0.455 e. The van der Waals surface area contributed by atoms with Crippen LogP contribution in [0.2, 0.25) is 5.02 Å². The van der Waals surface area contributed by atoms with E-state index in [-0.39, 0.29) is 28.5 Å². The molecule has 2 aliphatic carbocycles. The van der Waals surface area contributed by atoms with Crippen molar-refractivity contribution in [3.63, 3.8) is 0 Å². The van der Waals surface area contributed by atoms with Crippen LogP contribution in [0.5, 0.6) is 11.5 Å². The van der Waals surface area contributed by atoms with Crippen LogP contribution < -0.4 is 19.7 Å². The number of benzene rings is 3. The smallest absolute Gasteiger partial charge is 0.293 e. The number of H-pyrrole nitrogens is 1. The first-order chi connectivity index (χ1) is 30.2. The molecule has 332 valence electrons. The van der Waals surface area contributed by atoms with Crippen LogP contribution in [0.1, 0.15) is 94.0 Å². The van der Waals surface area contributed by atoms with Gasteiger partial charge in [0.25, 0.3) is 21.6 Å². The van der Waals surface area contributed by atoms with Gasteiger partial charge < -0.3 is 24.7 Å². The Kier molecular flexibility index (Phi) is 13.1. The number of nitro groups is 1. The van der Waals surface area contributed by atoms with Crippen molar-refractivity contribution in [1.29, 1.82) is 0 Å². The number of piperidine rings is 1. The van der Waals surface area contributed by atoms with Crippen LogP contribution >= 0.6 is 11.6 Å². The zero-order valence-corrected chi connectivity index (χ0v) is 37.6. The predicted molar refractivity (Wildman–Crippen MR) is 247 cm³/mol. The second-order valence-electron chi connectivity index (χ2n) is 18.1. The van der Waals surface area contributed by atoms with Gasteiger partial charge in [-0.2, -0.15) is 0 Å². The Balaban J connectivity index is 0.991. The zero-order valence-electron chi connectivity index (χ0n) is 36.0. The number of ether oxygens (including phenoxy) is 2. The van der Waals surface area contributed by atoms with Gasteiger partial charge in [-0.1, -0.05) is 43.2 Å². The Morgan fingerprint density at radius 3 is 2.48 bits per heavy atom. The number of nitrogens with zero attached hydrogens (tertiary/aromatic N) is 3. The topological polar surface area (TPSA) is 169 Å². The first-order valence-electron chi connectivity index (χ1n) is 21.8. The maximum atomic E-state index is 14.0. The molecular weight excluding hydrogens is 840 g/mol. The summed E-state index contributed by atoms with van der Waals surface area (Å²) in [5, 5.41) is 16.8. The number of anilines is 2. The normalized spacial score (nSPS) is 19.5. The minimum Gasteiger partial charge on any atom is -0.455 e. The van der Waals surface area contributed by atoms with Gasteiger partial charge in [-0.05, 0) is 141 Å². The van der Waals surface area contributed by atoms with Crippen LogP contribution in [0.3, 0.4) is 0 Å². The number of pyridine rings is 1. The summed E-state index contributed by atoms with van der Waals surface area (Å²) in [6, 6.07) is 20.6. The van der Waals surface area contributed by atoms with E-state index in [2.05, 4.69) is 50.9 Å². The number of hydrogen-bond acceptors (Lipinski definition) is 10. The third-order valence-corrected chi connectivity index (χ3v) is 14.7. The minimum atomic E-state index is -4.55. The van der Waals surface area contributed by atoms with Crippen molar-refractivity contribution in [2.24, 2.45) is 17.3 Å². The highest BCUT2D eigenvalue weighted by Crippen LogP contribution is 2.46. The molecule has 0 radical (unpaired) electrons. The highest BCUT2D eigenvalue weighted by molar-refractivity contribution is 7.90. The molecule has 1 aliphatic heterocycles. The van der Waals surface area contributed by atoms with Crippen molar-refractivity contribution >= 4 is 61.2 Å².